The molecule has 28 heavy (non-hydrogen) atoms. The second-order valence-corrected chi connectivity index (χ2v) is 7.88. The van der Waals surface area contributed by atoms with E-state index in [0.29, 0.717) is 16.5 Å². The quantitative estimate of drug-likeness (QED) is 0.582. The zero-order valence-corrected chi connectivity index (χ0v) is 16.7. The number of hydrogen-bond donors (Lipinski definition) is 1. The van der Waals surface area contributed by atoms with Crippen LogP contribution in [0.15, 0.2) is 42.6 Å². The number of fused-ring (bicyclic) bond motifs is 1. The number of halogens is 1. The Balaban J connectivity index is 1.94. The van der Waals surface area contributed by atoms with Gasteiger partial charge in [-0.2, -0.15) is 0 Å². The van der Waals surface area contributed by atoms with Gasteiger partial charge in [0.2, 0.25) is 0 Å². The van der Waals surface area contributed by atoms with E-state index in [9.17, 15) is 9.90 Å². The van der Waals surface area contributed by atoms with Crippen LogP contribution in [0.1, 0.15) is 59.5 Å². The van der Waals surface area contributed by atoms with Gasteiger partial charge in [0.05, 0.1) is 30.5 Å². The van der Waals surface area contributed by atoms with E-state index in [1.807, 2.05) is 30.3 Å². The van der Waals surface area contributed by atoms with Crippen molar-refractivity contribution in [2.24, 2.45) is 0 Å². The highest BCUT2D eigenvalue weighted by Gasteiger charge is 2.22. The Labute approximate surface area is 169 Å². The summed E-state index contributed by atoms with van der Waals surface area (Å²) in [6, 6.07) is 11.3. The van der Waals surface area contributed by atoms with E-state index in [4.69, 9.17) is 16.3 Å². The number of aliphatic hydroxyl groups is 1. The Morgan fingerprint density at radius 3 is 2.68 bits per heavy atom. The maximum absolute atomic E-state index is 12.1. The lowest BCUT2D eigenvalue weighted by molar-refractivity contribution is 0.0601. The third kappa shape index (κ3) is 3.43. The number of hydrogen-bond acceptors (Lipinski definition) is 3. The van der Waals surface area contributed by atoms with E-state index in [1.54, 1.807) is 6.07 Å². The molecule has 0 unspecified atom stereocenters. The highest BCUT2D eigenvalue weighted by atomic mass is 35.5. The van der Waals surface area contributed by atoms with E-state index in [2.05, 4.69) is 10.8 Å². The van der Waals surface area contributed by atoms with E-state index >= 15 is 0 Å². The van der Waals surface area contributed by atoms with Gasteiger partial charge >= 0.3 is 5.97 Å². The van der Waals surface area contributed by atoms with E-state index in [-0.39, 0.29) is 12.6 Å². The summed E-state index contributed by atoms with van der Waals surface area (Å²) < 4.78 is 6.99. The minimum atomic E-state index is -0.354. The number of rotatable bonds is 4. The number of methoxy groups -OCH3 is 1. The van der Waals surface area contributed by atoms with Gasteiger partial charge in [-0.15, -0.1) is 0 Å². The first-order valence-electron chi connectivity index (χ1n) is 9.75. The highest BCUT2D eigenvalue weighted by molar-refractivity contribution is 6.30. The zero-order chi connectivity index (χ0) is 19.7. The molecular weight excluding hydrogens is 374 g/mol. The monoisotopic (exact) mass is 397 g/mol. The topological polar surface area (TPSA) is 51.5 Å². The second kappa shape index (κ2) is 7.98. The number of aliphatic hydroxyl groups excluding tert-OH is 1. The molecule has 3 aromatic rings. The number of carbonyl (C=O) groups excluding carboxylic acids is 1. The first kappa shape index (κ1) is 19.0. The first-order valence-corrected chi connectivity index (χ1v) is 10.1. The predicted molar refractivity (Wildman–Crippen MR) is 111 cm³/mol. The maximum Gasteiger partial charge on any atom is 0.337 e. The fraction of sp³-hybridized carbons (Fsp3) is 0.348. The van der Waals surface area contributed by atoms with E-state index < -0.39 is 0 Å². The van der Waals surface area contributed by atoms with Crippen LogP contribution >= 0.6 is 11.6 Å². The van der Waals surface area contributed by atoms with Crippen molar-refractivity contribution < 1.29 is 14.6 Å². The van der Waals surface area contributed by atoms with Gasteiger partial charge in [0.15, 0.2) is 0 Å². The van der Waals surface area contributed by atoms with Crippen LogP contribution in [0.4, 0.5) is 0 Å². The van der Waals surface area contributed by atoms with Gasteiger partial charge in [-0.3, -0.25) is 0 Å². The van der Waals surface area contributed by atoms with E-state index in [1.165, 1.54) is 44.8 Å². The number of aromatic nitrogens is 1. The molecule has 0 radical (unpaired) electrons. The highest BCUT2D eigenvalue weighted by Crippen LogP contribution is 2.39. The molecular formula is C23H24ClNO3. The van der Waals surface area contributed by atoms with Crippen LogP contribution in [0.5, 0.6) is 0 Å². The molecule has 146 valence electrons. The predicted octanol–water partition coefficient (Wildman–Crippen LogP) is 5.61. The van der Waals surface area contributed by atoms with Crippen molar-refractivity contribution in [2.75, 3.05) is 7.11 Å². The normalized spacial score (nSPS) is 15.1. The molecule has 0 bridgehead atoms. The molecule has 1 aliphatic carbocycles. The third-order valence-electron chi connectivity index (χ3n) is 5.77. The fourth-order valence-electron chi connectivity index (χ4n) is 4.35. The molecule has 0 saturated heterocycles. The van der Waals surface area contributed by atoms with Crippen LogP contribution < -0.4 is 0 Å². The van der Waals surface area contributed by atoms with Crippen LogP contribution in [-0.2, 0) is 11.3 Å². The van der Waals surface area contributed by atoms with Crippen LogP contribution in [0.25, 0.3) is 16.6 Å². The molecule has 1 fully saturated rings. The van der Waals surface area contributed by atoms with Crippen molar-refractivity contribution in [1.29, 1.82) is 0 Å². The van der Waals surface area contributed by atoms with Crippen LogP contribution in [0.2, 0.25) is 5.02 Å². The lowest BCUT2D eigenvalue weighted by Gasteiger charge is -2.21. The maximum atomic E-state index is 12.1. The average molecular weight is 398 g/mol. The van der Waals surface area contributed by atoms with Crippen molar-refractivity contribution in [3.05, 3.63) is 64.3 Å². The standard InChI is InChI=1S/C23H24ClNO3/c1-28-23(27)16-7-9-19-20(15-5-3-2-4-6-15)13-25(22(19)12-16)21-10-8-18(24)11-17(21)14-26/h7-13,15,26H,2-6,14H2,1H3. The van der Waals surface area contributed by atoms with Crippen molar-refractivity contribution in [2.45, 2.75) is 44.6 Å². The summed E-state index contributed by atoms with van der Waals surface area (Å²) in [7, 11) is 1.39. The number of carbonyl (C=O) groups is 1. The van der Waals surface area contributed by atoms with Crippen molar-refractivity contribution in [1.82, 2.24) is 4.57 Å². The molecule has 4 nitrogen and oxygen atoms in total. The molecule has 0 amide bonds. The summed E-state index contributed by atoms with van der Waals surface area (Å²) in [5.74, 6) is 0.165. The van der Waals surface area contributed by atoms with Crippen LogP contribution in [-0.4, -0.2) is 22.8 Å². The lowest BCUT2D eigenvalue weighted by atomic mass is 9.84. The smallest absolute Gasteiger partial charge is 0.337 e. The van der Waals surface area contributed by atoms with Gasteiger partial charge < -0.3 is 14.4 Å². The molecule has 5 heteroatoms. The molecule has 0 aliphatic heterocycles. The average Bonchev–Trinajstić information content (AvgIpc) is 3.12. The molecule has 1 aromatic heterocycles. The second-order valence-electron chi connectivity index (χ2n) is 7.44. The molecule has 1 N–H and O–H groups in total. The number of ether oxygens (including phenoxy) is 1. The van der Waals surface area contributed by atoms with Crippen molar-refractivity contribution >= 4 is 28.5 Å². The molecule has 1 saturated carbocycles. The number of nitrogens with zero attached hydrogens (tertiary/aromatic N) is 1. The van der Waals surface area contributed by atoms with Gasteiger partial charge in [-0.05, 0) is 54.7 Å². The van der Waals surface area contributed by atoms with Crippen LogP contribution in [0, 0.1) is 0 Å². The molecule has 0 spiro atoms. The van der Waals surface area contributed by atoms with Gasteiger partial charge in [0.25, 0.3) is 0 Å². The molecule has 1 aliphatic rings. The minimum Gasteiger partial charge on any atom is -0.465 e. The van der Waals surface area contributed by atoms with Crippen molar-refractivity contribution in [3.8, 4) is 5.69 Å². The van der Waals surface area contributed by atoms with Gasteiger partial charge in [-0.25, -0.2) is 4.79 Å². The Hall–Kier alpha value is -2.30. The summed E-state index contributed by atoms with van der Waals surface area (Å²) in [5, 5.41) is 11.6. The van der Waals surface area contributed by atoms with Gasteiger partial charge in [-0.1, -0.05) is 36.9 Å². The number of esters is 1. The summed E-state index contributed by atoms with van der Waals surface area (Å²) in [6.07, 6.45) is 8.34. The summed E-state index contributed by atoms with van der Waals surface area (Å²) in [6.45, 7) is -0.106. The molecule has 0 atom stereocenters. The first-order chi connectivity index (χ1) is 13.6. The summed E-state index contributed by atoms with van der Waals surface area (Å²) in [5.41, 5.74) is 4.40. The SMILES string of the molecule is COC(=O)c1ccc2c(C3CCCCC3)cn(-c3ccc(Cl)cc3CO)c2c1. The molecule has 1 heterocycles. The Morgan fingerprint density at radius 2 is 1.96 bits per heavy atom. The van der Waals surface area contributed by atoms with Gasteiger partial charge in [0.1, 0.15) is 0 Å². The molecule has 4 rings (SSSR count). The Kier molecular flexibility index (Phi) is 5.42. The number of benzene rings is 2. The van der Waals surface area contributed by atoms with Crippen LogP contribution in [0.3, 0.4) is 0 Å². The van der Waals surface area contributed by atoms with Gasteiger partial charge in [0, 0.05) is 22.2 Å². The Morgan fingerprint density at radius 1 is 1.18 bits per heavy atom. The largest absolute Gasteiger partial charge is 0.465 e. The summed E-state index contributed by atoms with van der Waals surface area (Å²) >= 11 is 6.13. The third-order valence-corrected chi connectivity index (χ3v) is 6.01. The summed E-state index contributed by atoms with van der Waals surface area (Å²) in [4.78, 5) is 12.1. The fourth-order valence-corrected chi connectivity index (χ4v) is 4.55. The minimum absolute atomic E-state index is 0.106. The molecule has 2 aromatic carbocycles. The Bertz CT molecular complexity index is 1020. The zero-order valence-electron chi connectivity index (χ0n) is 16.0. The van der Waals surface area contributed by atoms with Crippen molar-refractivity contribution in [3.63, 3.8) is 0 Å². The van der Waals surface area contributed by atoms with E-state index in [0.717, 1.165) is 22.2 Å². The lowest BCUT2D eigenvalue weighted by Crippen LogP contribution is -2.04.